The van der Waals surface area contributed by atoms with Gasteiger partial charge in [-0.25, -0.2) is 9.97 Å². The van der Waals surface area contributed by atoms with Gasteiger partial charge in [-0.15, -0.1) is 0 Å². The molecule has 0 spiro atoms. The van der Waals surface area contributed by atoms with E-state index >= 15 is 0 Å². The molecular weight excluding hydrogens is 211 g/mol. The van der Waals surface area contributed by atoms with E-state index in [2.05, 4.69) is 9.97 Å². The van der Waals surface area contributed by atoms with Crippen molar-refractivity contribution >= 4 is 17.8 Å². The van der Waals surface area contributed by atoms with Crippen LogP contribution in [-0.4, -0.2) is 16.1 Å². The highest BCUT2D eigenvalue weighted by atomic mass is 31.2. The van der Waals surface area contributed by atoms with Gasteiger partial charge in [0.1, 0.15) is 6.26 Å². The zero-order valence-electron chi connectivity index (χ0n) is 8.17. The van der Waals surface area contributed by atoms with Crippen LogP contribution < -0.4 is 10.6 Å². The van der Waals surface area contributed by atoms with Gasteiger partial charge >= 0.3 is 0 Å². The number of aromatic nitrogens is 2. The molecule has 0 saturated carbocycles. The molecule has 0 radical (unpaired) electrons. The van der Waals surface area contributed by atoms with Crippen LogP contribution in [0.2, 0.25) is 0 Å². The summed E-state index contributed by atoms with van der Waals surface area (Å²) >= 11 is 0. The predicted molar refractivity (Wildman–Crippen MR) is 57.1 cm³/mol. The summed E-state index contributed by atoms with van der Waals surface area (Å²) in [5.41, 5.74) is 0. The van der Waals surface area contributed by atoms with Crippen LogP contribution in [0, 0.1) is 0 Å². The Hall–Kier alpha value is -1.41. The molecule has 0 aromatic carbocycles. The molecule has 0 saturated heterocycles. The molecular formula is C10H9N2O2P. The minimum absolute atomic E-state index is 0.518. The predicted octanol–water partition coefficient (Wildman–Crippen LogP) is 1.38. The van der Waals surface area contributed by atoms with Crippen LogP contribution >= 0.6 is 7.14 Å². The fourth-order valence-corrected chi connectivity index (χ4v) is 4.19. The Kier molecular flexibility index (Phi) is 1.65. The standard InChI is InChI=1S/C10H9N2O2P/c1-2-15(13)7-6-14-8(9(7)15)10-11-4-3-5-12-10/h3-6H,2H2,1H3. The van der Waals surface area contributed by atoms with E-state index in [9.17, 15) is 4.57 Å². The Labute approximate surface area is 86.7 Å². The van der Waals surface area contributed by atoms with Crippen LogP contribution in [-0.2, 0) is 4.57 Å². The van der Waals surface area contributed by atoms with Crippen molar-refractivity contribution in [2.24, 2.45) is 0 Å². The summed E-state index contributed by atoms with van der Waals surface area (Å²) in [6.07, 6.45) is 5.53. The first-order valence-electron chi connectivity index (χ1n) is 4.76. The number of furan rings is 1. The molecule has 15 heavy (non-hydrogen) atoms. The van der Waals surface area contributed by atoms with Crippen LogP contribution in [0.25, 0.3) is 11.6 Å². The Morgan fingerprint density at radius 1 is 1.40 bits per heavy atom. The summed E-state index contributed by atoms with van der Waals surface area (Å²) in [6.45, 7) is 1.93. The van der Waals surface area contributed by atoms with Crippen LogP contribution in [0.4, 0.5) is 0 Å². The number of hydrogen-bond donors (Lipinski definition) is 0. The number of rotatable bonds is 2. The molecule has 3 rings (SSSR count). The second-order valence-corrected chi connectivity index (χ2v) is 6.47. The van der Waals surface area contributed by atoms with E-state index < -0.39 is 7.14 Å². The topological polar surface area (TPSA) is 56.0 Å². The van der Waals surface area contributed by atoms with Crippen molar-refractivity contribution < 1.29 is 8.98 Å². The first-order chi connectivity index (χ1) is 7.27. The lowest BCUT2D eigenvalue weighted by Gasteiger charge is -1.97. The Bertz CT molecular complexity index is 562. The zero-order chi connectivity index (χ0) is 10.5. The number of hydrogen-bond acceptors (Lipinski definition) is 4. The van der Waals surface area contributed by atoms with Crippen molar-refractivity contribution in [3.05, 3.63) is 24.7 Å². The monoisotopic (exact) mass is 220 g/mol. The second kappa shape index (κ2) is 2.80. The number of fused-ring (bicyclic) bond motifs is 1. The van der Waals surface area contributed by atoms with E-state index in [0.29, 0.717) is 17.7 Å². The van der Waals surface area contributed by atoms with E-state index in [4.69, 9.17) is 4.42 Å². The third-order valence-electron chi connectivity index (χ3n) is 2.66. The highest BCUT2D eigenvalue weighted by molar-refractivity contribution is 7.89. The van der Waals surface area contributed by atoms with Crippen LogP contribution in [0.5, 0.6) is 0 Å². The quantitative estimate of drug-likeness (QED) is 0.717. The summed E-state index contributed by atoms with van der Waals surface area (Å²) in [6, 6.07) is 1.74. The molecule has 2 aromatic heterocycles. The van der Waals surface area contributed by atoms with Gasteiger partial charge in [-0.3, -0.25) is 0 Å². The molecule has 2 aromatic rings. The Morgan fingerprint density at radius 3 is 2.73 bits per heavy atom. The zero-order valence-corrected chi connectivity index (χ0v) is 9.07. The number of nitrogens with zero attached hydrogens (tertiary/aromatic N) is 2. The van der Waals surface area contributed by atoms with Crippen LogP contribution in [0.3, 0.4) is 0 Å². The molecule has 0 N–H and O–H groups in total. The van der Waals surface area contributed by atoms with Crippen molar-refractivity contribution in [2.75, 3.05) is 6.16 Å². The maximum absolute atomic E-state index is 12.2. The fourth-order valence-electron chi connectivity index (χ4n) is 1.78. The lowest BCUT2D eigenvalue weighted by molar-refractivity contribution is 0.571. The average molecular weight is 220 g/mol. The average Bonchev–Trinajstić information content (AvgIpc) is 2.69. The van der Waals surface area contributed by atoms with Gasteiger partial charge in [-0.1, -0.05) is 6.92 Å². The second-order valence-electron chi connectivity index (χ2n) is 3.43. The van der Waals surface area contributed by atoms with Gasteiger partial charge in [0.25, 0.3) is 0 Å². The van der Waals surface area contributed by atoms with Gasteiger partial charge in [-0.05, 0) is 6.07 Å². The summed E-state index contributed by atoms with van der Waals surface area (Å²) in [5, 5.41) is 1.71. The van der Waals surface area contributed by atoms with E-state index in [0.717, 1.165) is 10.6 Å². The summed E-state index contributed by atoms with van der Waals surface area (Å²) in [7, 11) is -2.20. The van der Waals surface area contributed by atoms with E-state index in [-0.39, 0.29) is 0 Å². The molecule has 0 bridgehead atoms. The van der Waals surface area contributed by atoms with Gasteiger partial charge in [0.2, 0.25) is 0 Å². The van der Waals surface area contributed by atoms with Crippen LogP contribution in [0.1, 0.15) is 6.92 Å². The first-order valence-corrected chi connectivity index (χ1v) is 6.65. The Morgan fingerprint density at radius 2 is 2.13 bits per heavy atom. The molecule has 1 aliphatic heterocycles. The van der Waals surface area contributed by atoms with Gasteiger partial charge in [0.15, 0.2) is 18.7 Å². The lowest BCUT2D eigenvalue weighted by Crippen LogP contribution is -1.93. The molecule has 1 aliphatic rings. The van der Waals surface area contributed by atoms with Crippen molar-refractivity contribution in [3.8, 4) is 11.6 Å². The smallest absolute Gasteiger partial charge is 0.196 e. The van der Waals surface area contributed by atoms with Gasteiger partial charge in [0, 0.05) is 18.6 Å². The SMILES string of the molecule is CCP1(=O)c2coc(-c3ncccn3)c21. The first kappa shape index (κ1) is 8.86. The maximum atomic E-state index is 12.2. The molecule has 0 fully saturated rings. The molecule has 4 nitrogen and oxygen atoms in total. The van der Waals surface area contributed by atoms with E-state index in [1.165, 1.54) is 0 Å². The molecule has 0 amide bonds. The van der Waals surface area contributed by atoms with Gasteiger partial charge in [-0.2, -0.15) is 0 Å². The molecule has 0 aliphatic carbocycles. The fraction of sp³-hybridized carbons (Fsp3) is 0.200. The van der Waals surface area contributed by atoms with Crippen LogP contribution in [0.15, 0.2) is 29.1 Å². The van der Waals surface area contributed by atoms with Crippen molar-refractivity contribution in [2.45, 2.75) is 6.92 Å². The summed E-state index contributed by atoms with van der Waals surface area (Å²) < 4.78 is 17.5. The van der Waals surface area contributed by atoms with Gasteiger partial charge < -0.3 is 8.98 Å². The molecule has 1 atom stereocenters. The third kappa shape index (κ3) is 1.05. The highest BCUT2D eigenvalue weighted by Crippen LogP contribution is 2.57. The van der Waals surface area contributed by atoms with E-state index in [1.807, 2.05) is 6.92 Å². The summed E-state index contributed by atoms with van der Waals surface area (Å²) in [4.78, 5) is 8.18. The van der Waals surface area contributed by atoms with Gasteiger partial charge in [0.05, 0.1) is 10.6 Å². The molecule has 3 heterocycles. The van der Waals surface area contributed by atoms with Crippen molar-refractivity contribution in [1.82, 2.24) is 9.97 Å². The minimum atomic E-state index is -2.20. The molecule has 5 heteroatoms. The lowest BCUT2D eigenvalue weighted by atomic mass is 10.4. The van der Waals surface area contributed by atoms with Crippen molar-refractivity contribution in [1.29, 1.82) is 0 Å². The maximum Gasteiger partial charge on any atom is 0.196 e. The molecule has 76 valence electrons. The molecule has 1 unspecified atom stereocenters. The van der Waals surface area contributed by atoms with Crippen molar-refractivity contribution in [3.63, 3.8) is 0 Å². The minimum Gasteiger partial charge on any atom is -0.459 e. The van der Waals surface area contributed by atoms with E-state index in [1.54, 1.807) is 24.7 Å². The summed E-state index contributed by atoms with van der Waals surface area (Å²) in [5.74, 6) is 1.10. The highest BCUT2D eigenvalue weighted by Gasteiger charge is 2.50. The largest absolute Gasteiger partial charge is 0.459 e. The third-order valence-corrected chi connectivity index (χ3v) is 5.60. The normalized spacial score (nSPS) is 22.5. The Balaban J connectivity index is 2.12.